The predicted molar refractivity (Wildman–Crippen MR) is 57.9 cm³/mol. The van der Waals surface area contributed by atoms with Gasteiger partial charge in [-0.2, -0.15) is 0 Å². The quantitative estimate of drug-likeness (QED) is 0.776. The van der Waals surface area contributed by atoms with Crippen molar-refractivity contribution in [3.8, 4) is 0 Å². The van der Waals surface area contributed by atoms with Gasteiger partial charge in [0, 0.05) is 0 Å². The summed E-state index contributed by atoms with van der Waals surface area (Å²) in [5, 5.41) is 0. The molecule has 0 atom stereocenters. The first-order valence-electron chi connectivity index (χ1n) is 4.43. The number of rotatable bonds is 2. The Morgan fingerprint density at radius 2 is 2.43 bits per heavy atom. The SMILES string of the molecule is CCOC(=O)N=c1sc(C(C)C)c[se]1. The molecule has 0 aromatic carbocycles. The second-order valence-corrected chi connectivity index (χ2v) is 6.42. The monoisotopic (exact) mass is 279 g/mol. The van der Waals surface area contributed by atoms with Crippen molar-refractivity contribution in [2.24, 2.45) is 4.99 Å². The molecule has 0 unspecified atom stereocenters. The molecule has 1 aromatic rings. The molecule has 0 saturated carbocycles. The molecule has 0 aliphatic heterocycles. The number of carbonyl (C=O) groups is 1. The van der Waals surface area contributed by atoms with Crippen LogP contribution in [0, 0.1) is 0 Å². The molecule has 1 rings (SSSR count). The van der Waals surface area contributed by atoms with E-state index in [0.717, 1.165) is 3.54 Å². The summed E-state index contributed by atoms with van der Waals surface area (Å²) in [5.41, 5.74) is 0. The minimum atomic E-state index is -0.463. The van der Waals surface area contributed by atoms with Crippen LogP contribution in [0.1, 0.15) is 31.6 Å². The Hall–Kier alpha value is -0.381. The van der Waals surface area contributed by atoms with E-state index in [-0.39, 0.29) is 14.5 Å². The average Bonchev–Trinajstić information content (AvgIpc) is 2.53. The number of carbonyl (C=O) groups excluding carboxylic acids is 1. The number of ether oxygens (including phenoxy) is 1. The van der Waals surface area contributed by atoms with Crippen LogP contribution in [0.4, 0.5) is 4.79 Å². The molecule has 1 aromatic heterocycles. The molecule has 0 aliphatic rings. The summed E-state index contributed by atoms with van der Waals surface area (Å²) in [6.07, 6.45) is -0.463. The van der Waals surface area contributed by atoms with E-state index in [1.807, 2.05) is 0 Å². The van der Waals surface area contributed by atoms with Crippen LogP contribution in [-0.2, 0) is 4.74 Å². The molecule has 14 heavy (non-hydrogen) atoms. The van der Waals surface area contributed by atoms with Gasteiger partial charge in [-0.3, -0.25) is 0 Å². The van der Waals surface area contributed by atoms with Gasteiger partial charge in [0.25, 0.3) is 0 Å². The Balaban J connectivity index is 2.80. The molecule has 78 valence electrons. The van der Waals surface area contributed by atoms with Crippen molar-refractivity contribution in [3.63, 3.8) is 0 Å². The maximum atomic E-state index is 11.0. The first-order chi connectivity index (χ1) is 6.63. The summed E-state index contributed by atoms with van der Waals surface area (Å²) in [6.45, 7) is 6.45. The van der Waals surface area contributed by atoms with Crippen molar-refractivity contribution >= 4 is 31.9 Å². The van der Waals surface area contributed by atoms with Gasteiger partial charge in [0.1, 0.15) is 0 Å². The maximum absolute atomic E-state index is 11.0. The average molecular weight is 278 g/mol. The van der Waals surface area contributed by atoms with Gasteiger partial charge in [0.15, 0.2) is 0 Å². The van der Waals surface area contributed by atoms with Crippen LogP contribution in [-0.4, -0.2) is 27.2 Å². The second-order valence-electron chi connectivity index (χ2n) is 2.97. The van der Waals surface area contributed by atoms with Gasteiger partial charge in [-0.15, -0.1) is 0 Å². The van der Waals surface area contributed by atoms with E-state index in [4.69, 9.17) is 4.74 Å². The zero-order chi connectivity index (χ0) is 10.6. The Kier molecular flexibility index (Phi) is 4.58. The van der Waals surface area contributed by atoms with Gasteiger partial charge in [0.2, 0.25) is 0 Å². The van der Waals surface area contributed by atoms with E-state index in [9.17, 15) is 4.79 Å². The van der Waals surface area contributed by atoms with Crippen LogP contribution >= 0.6 is 11.3 Å². The van der Waals surface area contributed by atoms with E-state index in [2.05, 4.69) is 23.8 Å². The van der Waals surface area contributed by atoms with Gasteiger partial charge in [-0.25, -0.2) is 0 Å². The standard InChI is InChI=1S/C9H13NO2SSe/c1-4-12-8(11)10-9-13-7(5-14-9)6(2)3/h5-6H,4H2,1-3H3. The Bertz CT molecular complexity index is 367. The summed E-state index contributed by atoms with van der Waals surface area (Å²) >= 11 is 1.83. The summed E-state index contributed by atoms with van der Waals surface area (Å²) < 4.78 is 5.65. The predicted octanol–water partition coefficient (Wildman–Crippen LogP) is 1.99. The van der Waals surface area contributed by atoms with Crippen molar-refractivity contribution in [3.05, 3.63) is 13.4 Å². The first-order valence-corrected chi connectivity index (χ1v) is 7.09. The third kappa shape index (κ3) is 3.40. The van der Waals surface area contributed by atoms with Crippen LogP contribution < -0.4 is 3.54 Å². The summed E-state index contributed by atoms with van der Waals surface area (Å²) in [5.74, 6) is 0.525. The molecule has 0 aliphatic carbocycles. The molecular weight excluding hydrogens is 265 g/mol. The van der Waals surface area contributed by atoms with Gasteiger partial charge >= 0.3 is 93.1 Å². The zero-order valence-corrected chi connectivity index (χ0v) is 11.0. The molecule has 0 N–H and O–H groups in total. The molecule has 1 amide bonds. The molecule has 0 radical (unpaired) electrons. The van der Waals surface area contributed by atoms with E-state index in [1.54, 1.807) is 18.3 Å². The van der Waals surface area contributed by atoms with Crippen LogP contribution in [0.15, 0.2) is 9.93 Å². The molecule has 1 heterocycles. The normalized spacial score (nSPS) is 12.1. The zero-order valence-electron chi connectivity index (χ0n) is 8.44. The van der Waals surface area contributed by atoms with Crippen molar-refractivity contribution in [1.82, 2.24) is 0 Å². The molecule has 3 nitrogen and oxygen atoms in total. The Labute approximate surface area is 93.2 Å². The number of hydrogen-bond donors (Lipinski definition) is 0. The van der Waals surface area contributed by atoms with Crippen molar-refractivity contribution in [2.75, 3.05) is 6.61 Å². The van der Waals surface area contributed by atoms with Gasteiger partial charge in [-0.05, 0) is 0 Å². The van der Waals surface area contributed by atoms with Crippen LogP contribution in [0.25, 0.3) is 0 Å². The summed E-state index contributed by atoms with van der Waals surface area (Å²) in [4.78, 5) is 18.4. The third-order valence-corrected chi connectivity index (χ3v) is 5.35. The molecule has 0 spiro atoms. The molecular formula is C9H13NO2SSe. The van der Waals surface area contributed by atoms with Crippen molar-refractivity contribution in [2.45, 2.75) is 26.7 Å². The fourth-order valence-corrected chi connectivity index (χ4v) is 4.45. The van der Waals surface area contributed by atoms with Crippen LogP contribution in [0.3, 0.4) is 0 Å². The van der Waals surface area contributed by atoms with Crippen molar-refractivity contribution in [1.29, 1.82) is 0 Å². The first kappa shape index (κ1) is 11.7. The van der Waals surface area contributed by atoms with Gasteiger partial charge < -0.3 is 0 Å². The number of amides is 1. The number of hydrogen-bond acceptors (Lipinski definition) is 3. The summed E-state index contributed by atoms with van der Waals surface area (Å²) in [7, 11) is 0. The fourth-order valence-electron chi connectivity index (χ4n) is 0.791. The molecule has 0 bridgehead atoms. The third-order valence-electron chi connectivity index (χ3n) is 1.50. The van der Waals surface area contributed by atoms with E-state index in [1.165, 1.54) is 4.88 Å². The van der Waals surface area contributed by atoms with E-state index < -0.39 is 6.09 Å². The topological polar surface area (TPSA) is 38.7 Å². The Morgan fingerprint density at radius 1 is 1.71 bits per heavy atom. The molecule has 5 heteroatoms. The molecule has 0 fully saturated rings. The van der Waals surface area contributed by atoms with Crippen LogP contribution in [0.2, 0.25) is 0 Å². The van der Waals surface area contributed by atoms with Crippen molar-refractivity contribution < 1.29 is 9.53 Å². The second kappa shape index (κ2) is 5.49. The van der Waals surface area contributed by atoms with Gasteiger partial charge in [-0.1, -0.05) is 0 Å². The molecule has 0 saturated heterocycles. The summed E-state index contributed by atoms with van der Waals surface area (Å²) in [6, 6.07) is 0. The fraction of sp³-hybridized carbons (Fsp3) is 0.556. The minimum absolute atomic E-state index is 0.219. The Morgan fingerprint density at radius 3 is 2.93 bits per heavy atom. The number of nitrogens with zero attached hydrogens (tertiary/aromatic N) is 1. The van der Waals surface area contributed by atoms with Gasteiger partial charge in [0.05, 0.1) is 0 Å². The van der Waals surface area contributed by atoms with Crippen LogP contribution in [0.5, 0.6) is 0 Å². The van der Waals surface area contributed by atoms with E-state index in [0.29, 0.717) is 12.5 Å². The van der Waals surface area contributed by atoms with E-state index >= 15 is 0 Å².